The van der Waals surface area contributed by atoms with Crippen LogP contribution in [0.1, 0.15) is 0 Å². The molecule has 2 aromatic carbocycles. The molecule has 9 heteroatoms. The molecule has 0 bridgehead atoms. The van der Waals surface area contributed by atoms with E-state index in [9.17, 15) is 12.8 Å². The minimum Gasteiger partial charge on any atom is -0.261 e. The molecule has 0 radical (unpaired) electrons. The van der Waals surface area contributed by atoms with E-state index in [0.29, 0.717) is 26.9 Å². The molecule has 0 aliphatic rings. The first-order chi connectivity index (χ1) is 13.4. The third-order valence-corrected chi connectivity index (χ3v) is 5.75. The van der Waals surface area contributed by atoms with E-state index in [-0.39, 0.29) is 10.8 Å². The smallest absolute Gasteiger partial charge is 0.261 e. The van der Waals surface area contributed by atoms with Gasteiger partial charge in [-0.15, -0.1) is 0 Å². The first kappa shape index (κ1) is 18.3. The van der Waals surface area contributed by atoms with Gasteiger partial charge in [0.15, 0.2) is 0 Å². The van der Waals surface area contributed by atoms with Crippen molar-refractivity contribution in [1.29, 1.82) is 0 Å². The maximum atomic E-state index is 13.3. The third kappa shape index (κ3) is 3.51. The normalized spacial score (nSPS) is 11.5. The zero-order valence-corrected chi connectivity index (χ0v) is 15.7. The van der Waals surface area contributed by atoms with Crippen LogP contribution in [0.3, 0.4) is 0 Å². The topological polar surface area (TPSA) is 84.8 Å². The summed E-state index contributed by atoms with van der Waals surface area (Å²) >= 11 is 6.15. The second-order valence-electron chi connectivity index (χ2n) is 5.88. The molecule has 0 unspecified atom stereocenters. The summed E-state index contributed by atoms with van der Waals surface area (Å²) in [4.78, 5) is 11.9. The lowest BCUT2D eigenvalue weighted by Gasteiger charge is -2.10. The fourth-order valence-electron chi connectivity index (χ4n) is 2.74. The van der Waals surface area contributed by atoms with Gasteiger partial charge in [0.1, 0.15) is 5.82 Å². The highest BCUT2D eigenvalue weighted by atomic mass is 35.5. The molecule has 0 aliphatic carbocycles. The molecule has 2 heterocycles. The summed E-state index contributed by atoms with van der Waals surface area (Å²) in [6.45, 7) is 0. The fourth-order valence-corrected chi connectivity index (χ4v) is 4.14. The van der Waals surface area contributed by atoms with Gasteiger partial charge in [-0.1, -0.05) is 35.9 Å². The molecular weight excluding hydrogens is 403 g/mol. The lowest BCUT2D eigenvalue weighted by atomic mass is 10.1. The van der Waals surface area contributed by atoms with Crippen LogP contribution in [0.25, 0.3) is 21.9 Å². The molecule has 0 spiro atoms. The van der Waals surface area contributed by atoms with Crippen molar-refractivity contribution in [2.75, 3.05) is 4.72 Å². The van der Waals surface area contributed by atoms with Crippen LogP contribution >= 0.6 is 11.6 Å². The molecule has 2 aromatic heterocycles. The van der Waals surface area contributed by atoms with Gasteiger partial charge in [0.05, 0.1) is 11.1 Å². The van der Waals surface area contributed by atoms with Crippen LogP contribution in [0.4, 0.5) is 10.3 Å². The summed E-state index contributed by atoms with van der Waals surface area (Å²) in [6, 6.07) is 11.2. The maximum Gasteiger partial charge on any atom is 0.264 e. The Morgan fingerprint density at radius 2 is 1.61 bits per heavy atom. The van der Waals surface area contributed by atoms with Crippen molar-refractivity contribution >= 4 is 38.3 Å². The number of anilines is 1. The van der Waals surface area contributed by atoms with Crippen molar-refractivity contribution in [1.82, 2.24) is 15.0 Å². The van der Waals surface area contributed by atoms with Crippen molar-refractivity contribution in [3.8, 4) is 11.1 Å². The second kappa shape index (κ2) is 7.14. The minimum atomic E-state index is -3.95. The zero-order valence-electron chi connectivity index (χ0n) is 14.2. The van der Waals surface area contributed by atoms with E-state index >= 15 is 0 Å². The number of hydrogen-bond acceptors (Lipinski definition) is 5. The van der Waals surface area contributed by atoms with E-state index < -0.39 is 15.8 Å². The van der Waals surface area contributed by atoms with Crippen LogP contribution in [0.2, 0.25) is 5.02 Å². The lowest BCUT2D eigenvalue weighted by Crippen LogP contribution is -2.15. The Balaban J connectivity index is 1.67. The van der Waals surface area contributed by atoms with Crippen LogP contribution in [-0.2, 0) is 10.0 Å². The minimum absolute atomic E-state index is 0.0644. The molecule has 0 atom stereocenters. The van der Waals surface area contributed by atoms with E-state index in [4.69, 9.17) is 11.6 Å². The Bertz CT molecular complexity index is 1280. The van der Waals surface area contributed by atoms with Gasteiger partial charge in [-0.25, -0.2) is 27.5 Å². The van der Waals surface area contributed by atoms with E-state index in [2.05, 4.69) is 19.7 Å². The molecular formula is C19H12ClFN4O2S. The molecule has 0 saturated heterocycles. The highest BCUT2D eigenvalue weighted by molar-refractivity contribution is 7.93. The number of sulfonamides is 1. The van der Waals surface area contributed by atoms with Crippen LogP contribution in [0, 0.1) is 5.82 Å². The number of hydrogen-bond donors (Lipinski definition) is 1. The highest BCUT2D eigenvalue weighted by Gasteiger charge is 2.19. The van der Waals surface area contributed by atoms with Gasteiger partial charge in [-0.2, -0.15) is 0 Å². The zero-order chi connectivity index (χ0) is 19.7. The van der Waals surface area contributed by atoms with Crippen molar-refractivity contribution in [2.24, 2.45) is 0 Å². The number of rotatable bonds is 4. The molecule has 0 fully saturated rings. The van der Waals surface area contributed by atoms with Gasteiger partial charge in [-0.05, 0) is 18.2 Å². The number of aromatic nitrogens is 3. The average molecular weight is 415 g/mol. The lowest BCUT2D eigenvalue weighted by molar-refractivity contribution is 0.601. The molecule has 4 rings (SSSR count). The number of nitrogens with one attached hydrogen (secondary N) is 1. The number of fused-ring (bicyclic) bond motifs is 1. The molecule has 0 saturated carbocycles. The van der Waals surface area contributed by atoms with E-state index in [1.807, 2.05) is 0 Å². The number of halogens is 2. The van der Waals surface area contributed by atoms with Gasteiger partial charge in [0.25, 0.3) is 10.0 Å². The fraction of sp³-hybridized carbons (Fsp3) is 0. The molecule has 6 nitrogen and oxygen atoms in total. The predicted octanol–water partition coefficient (Wildman–Crippen LogP) is 4.29. The maximum absolute atomic E-state index is 13.3. The quantitative estimate of drug-likeness (QED) is 0.538. The summed E-state index contributed by atoms with van der Waals surface area (Å²) < 4.78 is 41.3. The standard InChI is InChI=1S/C19H12ClFN4O2S/c20-17-5-6-18(16-4-2-1-3-15(16)17)28(26,27)25-19-23-9-13(10-24-19)12-7-14(21)11-22-8-12/h1-11H,(H,23,24,25). The Morgan fingerprint density at radius 1 is 0.893 bits per heavy atom. The highest BCUT2D eigenvalue weighted by Crippen LogP contribution is 2.30. The Morgan fingerprint density at radius 3 is 2.32 bits per heavy atom. The van der Waals surface area contributed by atoms with Crippen LogP contribution in [0.5, 0.6) is 0 Å². The van der Waals surface area contributed by atoms with Gasteiger partial charge in [-0.3, -0.25) is 4.98 Å². The van der Waals surface area contributed by atoms with Crippen molar-refractivity contribution in [3.05, 3.63) is 78.1 Å². The summed E-state index contributed by atoms with van der Waals surface area (Å²) in [5.74, 6) is -0.593. The van der Waals surface area contributed by atoms with E-state index in [1.165, 1.54) is 36.8 Å². The molecule has 140 valence electrons. The Kier molecular flexibility index (Phi) is 4.66. The number of nitrogens with zero attached hydrogens (tertiary/aromatic N) is 3. The van der Waals surface area contributed by atoms with Gasteiger partial charge < -0.3 is 0 Å². The molecule has 0 amide bonds. The Labute approximate surface area is 165 Å². The SMILES string of the molecule is O=S(=O)(Nc1ncc(-c2cncc(F)c2)cn1)c1ccc(Cl)c2ccccc12. The molecule has 4 aromatic rings. The first-order valence-corrected chi connectivity index (χ1v) is 9.93. The second-order valence-corrected chi connectivity index (χ2v) is 7.94. The Hall–Kier alpha value is -3.10. The van der Waals surface area contributed by atoms with Crippen molar-refractivity contribution in [2.45, 2.75) is 4.90 Å². The summed E-state index contributed by atoms with van der Waals surface area (Å²) in [5.41, 5.74) is 0.991. The van der Waals surface area contributed by atoms with Gasteiger partial charge in [0.2, 0.25) is 5.95 Å². The monoisotopic (exact) mass is 414 g/mol. The van der Waals surface area contributed by atoms with Crippen LogP contribution in [0.15, 0.2) is 72.1 Å². The number of benzene rings is 2. The van der Waals surface area contributed by atoms with E-state index in [1.54, 1.807) is 24.3 Å². The largest absolute Gasteiger partial charge is 0.264 e. The molecule has 28 heavy (non-hydrogen) atoms. The first-order valence-electron chi connectivity index (χ1n) is 8.07. The summed E-state index contributed by atoms with van der Waals surface area (Å²) in [7, 11) is -3.95. The van der Waals surface area contributed by atoms with Crippen molar-refractivity contribution in [3.63, 3.8) is 0 Å². The molecule has 1 N–H and O–H groups in total. The van der Waals surface area contributed by atoms with Crippen LogP contribution in [-0.4, -0.2) is 23.4 Å². The van der Waals surface area contributed by atoms with Crippen LogP contribution < -0.4 is 4.72 Å². The predicted molar refractivity (Wildman–Crippen MR) is 105 cm³/mol. The average Bonchev–Trinajstić information content (AvgIpc) is 2.68. The molecule has 0 aliphatic heterocycles. The van der Waals surface area contributed by atoms with Gasteiger partial charge >= 0.3 is 0 Å². The number of pyridine rings is 1. The van der Waals surface area contributed by atoms with Crippen molar-refractivity contribution < 1.29 is 12.8 Å². The summed E-state index contributed by atoms with van der Waals surface area (Å²) in [6.07, 6.45) is 5.33. The van der Waals surface area contributed by atoms with E-state index in [0.717, 1.165) is 6.20 Å². The summed E-state index contributed by atoms with van der Waals surface area (Å²) in [5, 5.41) is 1.57. The third-order valence-electron chi connectivity index (χ3n) is 4.04. The van der Waals surface area contributed by atoms with Gasteiger partial charge in [0, 0.05) is 45.5 Å².